The Kier molecular flexibility index (Phi) is 4.20. The SMILES string of the molecule is [C-]#[N+]c1c(CC(C)C)ccc2c1oc1cc(-c3cccc[n+]3C)c(C)cc12. The van der Waals surface area contributed by atoms with Crippen molar-refractivity contribution in [1.29, 1.82) is 0 Å². The van der Waals surface area contributed by atoms with Gasteiger partial charge in [-0.25, -0.2) is 9.41 Å². The fraction of sp³-hybridized carbons (Fsp3) is 0.250. The standard InChI is InChI=1S/C24H23N2O/c1-15(2)12-17-9-10-18-20-13-16(3)19(21-8-6-7-11-26(21)5)14-22(20)27-24(18)23(17)25-4/h6-11,13-15H,12H2,1-3,5H3/q+1. The maximum atomic E-state index is 7.69. The molecule has 0 saturated carbocycles. The highest BCUT2D eigenvalue weighted by Gasteiger charge is 2.19. The van der Waals surface area contributed by atoms with Gasteiger partial charge in [-0.2, -0.15) is 0 Å². The molecule has 3 heteroatoms. The summed E-state index contributed by atoms with van der Waals surface area (Å²) < 4.78 is 8.34. The minimum atomic E-state index is 0.499. The van der Waals surface area contributed by atoms with E-state index in [9.17, 15) is 0 Å². The number of hydrogen-bond donors (Lipinski definition) is 0. The molecule has 0 fully saturated rings. The van der Waals surface area contributed by atoms with Crippen LogP contribution in [0.2, 0.25) is 0 Å². The van der Waals surface area contributed by atoms with E-state index in [1.54, 1.807) is 0 Å². The average Bonchev–Trinajstić information content (AvgIpc) is 2.98. The molecule has 0 radical (unpaired) electrons. The fourth-order valence-electron chi connectivity index (χ4n) is 3.83. The molecule has 0 unspecified atom stereocenters. The summed E-state index contributed by atoms with van der Waals surface area (Å²) in [5.74, 6) is 0.499. The van der Waals surface area contributed by atoms with Crippen LogP contribution < -0.4 is 4.57 Å². The molecule has 3 nitrogen and oxygen atoms in total. The highest BCUT2D eigenvalue weighted by molar-refractivity contribution is 6.10. The Morgan fingerprint density at radius 3 is 2.63 bits per heavy atom. The minimum absolute atomic E-state index is 0.499. The fourth-order valence-corrected chi connectivity index (χ4v) is 3.83. The Balaban J connectivity index is 1.99. The molecule has 2 heterocycles. The third kappa shape index (κ3) is 2.88. The zero-order chi connectivity index (χ0) is 19.1. The van der Waals surface area contributed by atoms with Crippen molar-refractivity contribution < 1.29 is 8.98 Å². The summed E-state index contributed by atoms with van der Waals surface area (Å²) in [5, 5.41) is 2.10. The third-order valence-corrected chi connectivity index (χ3v) is 5.11. The molecule has 0 saturated heterocycles. The first-order valence-corrected chi connectivity index (χ1v) is 9.31. The van der Waals surface area contributed by atoms with Crippen LogP contribution in [0.4, 0.5) is 5.69 Å². The Morgan fingerprint density at radius 2 is 1.93 bits per heavy atom. The van der Waals surface area contributed by atoms with E-state index >= 15 is 0 Å². The number of hydrogen-bond acceptors (Lipinski definition) is 1. The lowest BCUT2D eigenvalue weighted by Gasteiger charge is -2.07. The summed E-state index contributed by atoms with van der Waals surface area (Å²) in [4.78, 5) is 3.82. The Labute approximate surface area is 159 Å². The zero-order valence-corrected chi connectivity index (χ0v) is 16.2. The van der Waals surface area contributed by atoms with Crippen molar-refractivity contribution in [1.82, 2.24) is 0 Å². The van der Waals surface area contributed by atoms with Crippen molar-refractivity contribution in [2.24, 2.45) is 13.0 Å². The Morgan fingerprint density at radius 1 is 1.11 bits per heavy atom. The maximum absolute atomic E-state index is 7.69. The van der Waals surface area contributed by atoms with Gasteiger partial charge in [-0.05, 0) is 48.6 Å². The molecule has 0 bridgehead atoms. The van der Waals surface area contributed by atoms with Gasteiger partial charge >= 0.3 is 0 Å². The van der Waals surface area contributed by atoms with Crippen molar-refractivity contribution in [2.45, 2.75) is 27.2 Å². The summed E-state index contributed by atoms with van der Waals surface area (Å²) in [7, 11) is 2.05. The maximum Gasteiger partial charge on any atom is 0.232 e. The third-order valence-electron chi connectivity index (χ3n) is 5.11. The van der Waals surface area contributed by atoms with Gasteiger partial charge in [0.1, 0.15) is 18.2 Å². The minimum Gasteiger partial charge on any atom is -0.467 e. The summed E-state index contributed by atoms with van der Waals surface area (Å²) in [5.41, 5.74) is 6.76. The van der Waals surface area contributed by atoms with Crippen molar-refractivity contribution in [3.8, 4) is 11.3 Å². The van der Waals surface area contributed by atoms with Gasteiger partial charge in [0, 0.05) is 22.9 Å². The molecule has 134 valence electrons. The lowest BCUT2D eigenvalue weighted by Crippen LogP contribution is -2.30. The molecule has 4 aromatic rings. The first kappa shape index (κ1) is 17.3. The molecular formula is C24H23N2O+. The van der Waals surface area contributed by atoms with Crippen molar-refractivity contribution in [3.63, 3.8) is 0 Å². The predicted octanol–water partition coefficient (Wildman–Crippen LogP) is 6.14. The van der Waals surface area contributed by atoms with Gasteiger partial charge in [0.2, 0.25) is 11.4 Å². The van der Waals surface area contributed by atoms with E-state index in [0.717, 1.165) is 39.6 Å². The van der Waals surface area contributed by atoms with E-state index < -0.39 is 0 Å². The molecule has 4 rings (SSSR count). The van der Waals surface area contributed by atoms with Gasteiger partial charge in [0.05, 0.1) is 12.1 Å². The van der Waals surface area contributed by atoms with Crippen molar-refractivity contribution in [3.05, 3.63) is 71.2 Å². The van der Waals surface area contributed by atoms with Crippen LogP contribution in [0.1, 0.15) is 25.0 Å². The van der Waals surface area contributed by atoms with Crippen LogP contribution in [0.25, 0.3) is 38.0 Å². The number of rotatable bonds is 3. The summed E-state index contributed by atoms with van der Waals surface area (Å²) >= 11 is 0. The van der Waals surface area contributed by atoms with E-state index in [0.29, 0.717) is 17.2 Å². The van der Waals surface area contributed by atoms with E-state index in [-0.39, 0.29) is 0 Å². The summed E-state index contributed by atoms with van der Waals surface area (Å²) in [6.07, 6.45) is 2.93. The van der Waals surface area contributed by atoms with Crippen LogP contribution >= 0.6 is 0 Å². The monoisotopic (exact) mass is 355 g/mol. The highest BCUT2D eigenvalue weighted by atomic mass is 16.3. The number of nitrogens with zero attached hydrogens (tertiary/aromatic N) is 2. The van der Waals surface area contributed by atoms with Gasteiger partial charge in [0.25, 0.3) is 0 Å². The van der Waals surface area contributed by atoms with E-state index in [2.05, 4.69) is 60.5 Å². The topological polar surface area (TPSA) is 21.4 Å². The van der Waals surface area contributed by atoms with Gasteiger partial charge in [-0.1, -0.05) is 26.0 Å². The normalized spacial score (nSPS) is 11.4. The van der Waals surface area contributed by atoms with Gasteiger partial charge in [-0.3, -0.25) is 0 Å². The molecule has 0 N–H and O–H groups in total. The van der Waals surface area contributed by atoms with E-state index in [1.807, 2.05) is 25.4 Å². The van der Waals surface area contributed by atoms with Gasteiger partial charge in [0.15, 0.2) is 6.20 Å². The average molecular weight is 355 g/mol. The van der Waals surface area contributed by atoms with Crippen molar-refractivity contribution in [2.75, 3.05) is 0 Å². The van der Waals surface area contributed by atoms with Gasteiger partial charge < -0.3 is 4.42 Å². The van der Waals surface area contributed by atoms with Crippen LogP contribution in [-0.4, -0.2) is 0 Å². The van der Waals surface area contributed by atoms with Crippen LogP contribution in [0.3, 0.4) is 0 Å². The number of furan rings is 1. The molecule has 0 aliphatic rings. The van der Waals surface area contributed by atoms with Crippen LogP contribution in [0.15, 0.2) is 53.1 Å². The van der Waals surface area contributed by atoms with Gasteiger partial charge in [-0.15, -0.1) is 0 Å². The van der Waals surface area contributed by atoms with Crippen LogP contribution in [0, 0.1) is 19.4 Å². The first-order valence-electron chi connectivity index (χ1n) is 9.31. The number of aromatic nitrogens is 1. The number of benzene rings is 2. The van der Waals surface area contributed by atoms with Crippen LogP contribution in [-0.2, 0) is 13.5 Å². The van der Waals surface area contributed by atoms with Crippen LogP contribution in [0.5, 0.6) is 0 Å². The molecule has 0 spiro atoms. The van der Waals surface area contributed by atoms with Crippen molar-refractivity contribution >= 4 is 27.6 Å². The lowest BCUT2D eigenvalue weighted by atomic mass is 9.98. The second-order valence-electron chi connectivity index (χ2n) is 7.62. The molecule has 2 aromatic carbocycles. The van der Waals surface area contributed by atoms with E-state index in [1.165, 1.54) is 5.56 Å². The number of aryl methyl sites for hydroxylation is 2. The second-order valence-corrected chi connectivity index (χ2v) is 7.62. The molecule has 0 amide bonds. The Bertz CT molecular complexity index is 1210. The first-order chi connectivity index (χ1) is 13.0. The zero-order valence-electron chi connectivity index (χ0n) is 16.2. The highest BCUT2D eigenvalue weighted by Crippen LogP contribution is 2.40. The quantitative estimate of drug-likeness (QED) is 0.320. The molecular weight excluding hydrogens is 332 g/mol. The summed E-state index contributed by atoms with van der Waals surface area (Å²) in [6, 6.07) is 14.7. The number of fused-ring (bicyclic) bond motifs is 3. The lowest BCUT2D eigenvalue weighted by molar-refractivity contribution is -0.660. The second kappa shape index (κ2) is 6.55. The number of pyridine rings is 1. The molecule has 0 atom stereocenters. The smallest absolute Gasteiger partial charge is 0.232 e. The Hall–Kier alpha value is -3.12. The predicted molar refractivity (Wildman–Crippen MR) is 110 cm³/mol. The van der Waals surface area contributed by atoms with E-state index in [4.69, 9.17) is 11.0 Å². The molecule has 27 heavy (non-hydrogen) atoms. The molecule has 0 aliphatic carbocycles. The summed E-state index contributed by atoms with van der Waals surface area (Å²) in [6.45, 7) is 14.2. The molecule has 0 aliphatic heterocycles. The molecule has 2 aromatic heterocycles. The largest absolute Gasteiger partial charge is 0.467 e.